The third-order valence-electron chi connectivity index (χ3n) is 2.80. The third kappa shape index (κ3) is 2.28. The molecule has 1 aliphatic heterocycles. The van der Waals surface area contributed by atoms with Gasteiger partial charge in [-0.15, -0.1) is 11.6 Å². The summed E-state index contributed by atoms with van der Waals surface area (Å²) >= 11 is 6.04. The van der Waals surface area contributed by atoms with Crippen LogP contribution >= 0.6 is 11.6 Å². The van der Waals surface area contributed by atoms with Gasteiger partial charge in [0.1, 0.15) is 5.82 Å². The van der Waals surface area contributed by atoms with Crippen LogP contribution in [0.25, 0.3) is 0 Å². The van der Waals surface area contributed by atoms with Gasteiger partial charge in [0, 0.05) is 37.4 Å². The van der Waals surface area contributed by atoms with E-state index < -0.39 is 0 Å². The predicted molar refractivity (Wildman–Crippen MR) is 57.7 cm³/mol. The lowest BCUT2D eigenvalue weighted by molar-refractivity contribution is 0.322. The molecule has 0 saturated carbocycles. The van der Waals surface area contributed by atoms with E-state index in [1.807, 2.05) is 19.3 Å². The highest BCUT2D eigenvalue weighted by atomic mass is 35.5. The number of rotatable bonds is 3. The normalized spacial score (nSPS) is 23.1. The summed E-state index contributed by atoms with van der Waals surface area (Å²) in [5.41, 5.74) is 0. The van der Waals surface area contributed by atoms with Crippen molar-refractivity contribution in [2.75, 3.05) is 19.6 Å². The van der Waals surface area contributed by atoms with Gasteiger partial charge in [0.25, 0.3) is 0 Å². The zero-order valence-corrected chi connectivity index (χ0v) is 9.24. The molecule has 0 bridgehead atoms. The highest BCUT2D eigenvalue weighted by molar-refractivity contribution is 6.20. The van der Waals surface area contributed by atoms with Gasteiger partial charge in [0.05, 0.1) is 0 Å². The lowest BCUT2D eigenvalue weighted by Gasteiger charge is -2.15. The molecule has 1 atom stereocenters. The molecule has 1 aromatic heterocycles. The van der Waals surface area contributed by atoms with Gasteiger partial charge in [0.2, 0.25) is 0 Å². The molecule has 0 aliphatic carbocycles. The van der Waals surface area contributed by atoms with Gasteiger partial charge in [-0.05, 0) is 19.9 Å². The molecule has 4 heteroatoms. The first-order valence-corrected chi connectivity index (χ1v) is 5.53. The Balaban J connectivity index is 1.80. The molecule has 1 fully saturated rings. The number of aryl methyl sites for hydroxylation is 1. The molecule has 14 heavy (non-hydrogen) atoms. The van der Waals surface area contributed by atoms with Crippen LogP contribution in [0.3, 0.4) is 0 Å². The van der Waals surface area contributed by atoms with Crippen LogP contribution in [-0.4, -0.2) is 39.5 Å². The van der Waals surface area contributed by atoms with Crippen molar-refractivity contribution in [3.8, 4) is 0 Å². The van der Waals surface area contributed by atoms with E-state index in [2.05, 4.69) is 14.5 Å². The molecule has 1 saturated heterocycles. The fourth-order valence-corrected chi connectivity index (χ4v) is 2.17. The molecule has 3 nitrogen and oxygen atoms in total. The van der Waals surface area contributed by atoms with Crippen molar-refractivity contribution in [2.45, 2.75) is 25.3 Å². The van der Waals surface area contributed by atoms with Crippen molar-refractivity contribution in [1.82, 2.24) is 14.5 Å². The lowest BCUT2D eigenvalue weighted by Crippen LogP contribution is -2.25. The molecule has 1 aliphatic rings. The zero-order valence-electron chi connectivity index (χ0n) is 8.49. The molecule has 1 unspecified atom stereocenters. The molecule has 0 aromatic carbocycles. The number of hydrogen-bond acceptors (Lipinski definition) is 2. The Labute approximate surface area is 89.7 Å². The van der Waals surface area contributed by atoms with Gasteiger partial charge < -0.3 is 9.47 Å². The van der Waals surface area contributed by atoms with Crippen molar-refractivity contribution in [3.05, 3.63) is 18.2 Å². The van der Waals surface area contributed by atoms with E-state index in [1.54, 1.807) is 0 Å². The molecule has 2 rings (SSSR count). The molecule has 0 spiro atoms. The Hall–Kier alpha value is -0.540. The quantitative estimate of drug-likeness (QED) is 0.710. The summed E-state index contributed by atoms with van der Waals surface area (Å²) in [4.78, 5) is 6.61. The molecule has 1 aromatic rings. The van der Waals surface area contributed by atoms with Crippen LogP contribution in [0.1, 0.15) is 12.2 Å². The molecule has 2 heterocycles. The van der Waals surface area contributed by atoms with Crippen LogP contribution in [0.4, 0.5) is 0 Å². The minimum atomic E-state index is 0.360. The molecular formula is C10H16ClN3. The van der Waals surface area contributed by atoms with Crippen molar-refractivity contribution in [3.63, 3.8) is 0 Å². The summed E-state index contributed by atoms with van der Waals surface area (Å²) in [6, 6.07) is 0. The first-order valence-electron chi connectivity index (χ1n) is 5.10. The van der Waals surface area contributed by atoms with Crippen LogP contribution in [0.2, 0.25) is 0 Å². The SMILES string of the molecule is Cc1nccn1CCN1CCC(Cl)C1. The van der Waals surface area contributed by atoms with Gasteiger partial charge in [-0.3, -0.25) is 0 Å². The number of nitrogens with zero attached hydrogens (tertiary/aromatic N) is 3. The first kappa shape index (κ1) is 9.99. The van der Waals surface area contributed by atoms with Crippen molar-refractivity contribution in [2.24, 2.45) is 0 Å². The molecule has 78 valence electrons. The van der Waals surface area contributed by atoms with Crippen LogP contribution < -0.4 is 0 Å². The smallest absolute Gasteiger partial charge is 0.105 e. The summed E-state index contributed by atoms with van der Waals surface area (Å²) in [6.45, 7) is 6.32. The van der Waals surface area contributed by atoms with Crippen molar-refractivity contribution < 1.29 is 0 Å². The average Bonchev–Trinajstić information content (AvgIpc) is 2.72. The van der Waals surface area contributed by atoms with E-state index in [-0.39, 0.29) is 0 Å². The standard InChI is InChI=1S/C10H16ClN3/c1-9-12-3-5-14(9)7-6-13-4-2-10(11)8-13/h3,5,10H,2,4,6-8H2,1H3. The maximum absolute atomic E-state index is 6.04. The number of alkyl halides is 1. The van der Waals surface area contributed by atoms with Crippen LogP contribution in [-0.2, 0) is 6.54 Å². The summed E-state index contributed by atoms with van der Waals surface area (Å²) in [5, 5.41) is 0.360. The Morgan fingerprint density at radius 2 is 2.43 bits per heavy atom. The van der Waals surface area contributed by atoms with E-state index in [9.17, 15) is 0 Å². The Morgan fingerprint density at radius 1 is 1.57 bits per heavy atom. The summed E-state index contributed by atoms with van der Waals surface area (Å²) in [6.07, 6.45) is 5.01. The van der Waals surface area contributed by atoms with Crippen LogP contribution in [0.15, 0.2) is 12.4 Å². The highest BCUT2D eigenvalue weighted by Gasteiger charge is 2.19. The minimum Gasteiger partial charge on any atom is -0.334 e. The second kappa shape index (κ2) is 4.32. The van der Waals surface area contributed by atoms with E-state index in [1.165, 1.54) is 0 Å². The number of imidazole rings is 1. The zero-order chi connectivity index (χ0) is 9.97. The number of halogens is 1. The largest absolute Gasteiger partial charge is 0.334 e. The molecule has 0 radical (unpaired) electrons. The Bertz CT molecular complexity index is 297. The third-order valence-corrected chi connectivity index (χ3v) is 3.15. The maximum atomic E-state index is 6.04. The van der Waals surface area contributed by atoms with E-state index >= 15 is 0 Å². The van der Waals surface area contributed by atoms with Crippen molar-refractivity contribution >= 4 is 11.6 Å². The van der Waals surface area contributed by atoms with E-state index in [0.717, 1.165) is 38.4 Å². The highest BCUT2D eigenvalue weighted by Crippen LogP contribution is 2.14. The average molecular weight is 214 g/mol. The minimum absolute atomic E-state index is 0.360. The molecule has 0 amide bonds. The topological polar surface area (TPSA) is 21.1 Å². The fourth-order valence-electron chi connectivity index (χ4n) is 1.88. The van der Waals surface area contributed by atoms with Crippen LogP contribution in [0.5, 0.6) is 0 Å². The predicted octanol–water partition coefficient (Wildman–Crippen LogP) is 1.50. The first-order chi connectivity index (χ1) is 6.75. The summed E-state index contributed by atoms with van der Waals surface area (Å²) in [5.74, 6) is 1.09. The van der Waals surface area contributed by atoms with Gasteiger partial charge >= 0.3 is 0 Å². The van der Waals surface area contributed by atoms with E-state index in [4.69, 9.17) is 11.6 Å². The van der Waals surface area contributed by atoms with Crippen LogP contribution in [0, 0.1) is 6.92 Å². The van der Waals surface area contributed by atoms with Crippen molar-refractivity contribution in [1.29, 1.82) is 0 Å². The fraction of sp³-hybridized carbons (Fsp3) is 0.700. The summed E-state index contributed by atoms with van der Waals surface area (Å²) < 4.78 is 2.18. The Morgan fingerprint density at radius 3 is 3.00 bits per heavy atom. The number of hydrogen-bond donors (Lipinski definition) is 0. The van der Waals surface area contributed by atoms with Gasteiger partial charge in [-0.1, -0.05) is 0 Å². The monoisotopic (exact) mass is 213 g/mol. The molecule has 0 N–H and O–H groups in total. The van der Waals surface area contributed by atoms with E-state index in [0.29, 0.717) is 5.38 Å². The number of aromatic nitrogens is 2. The maximum Gasteiger partial charge on any atom is 0.105 e. The summed E-state index contributed by atoms with van der Waals surface area (Å²) in [7, 11) is 0. The lowest BCUT2D eigenvalue weighted by atomic mass is 10.4. The Kier molecular flexibility index (Phi) is 3.08. The van der Waals surface area contributed by atoms with Gasteiger partial charge in [-0.2, -0.15) is 0 Å². The van der Waals surface area contributed by atoms with Gasteiger partial charge in [-0.25, -0.2) is 4.98 Å². The second-order valence-electron chi connectivity index (χ2n) is 3.85. The molecular weight excluding hydrogens is 198 g/mol. The van der Waals surface area contributed by atoms with Gasteiger partial charge in [0.15, 0.2) is 0 Å². The second-order valence-corrected chi connectivity index (χ2v) is 4.47. The number of likely N-dealkylation sites (tertiary alicyclic amines) is 1.